The van der Waals surface area contributed by atoms with Gasteiger partial charge >= 0.3 is 0 Å². The number of nitriles is 1. The molecule has 3 aromatic rings. The van der Waals surface area contributed by atoms with Gasteiger partial charge in [0.15, 0.2) is 0 Å². The fraction of sp³-hybridized carbons (Fsp3) is 0.0526. The minimum Gasteiger partial charge on any atom is -0.497 e. The molecule has 112 valence electrons. The minimum atomic E-state index is 0.547. The van der Waals surface area contributed by atoms with E-state index in [4.69, 9.17) is 4.74 Å². The van der Waals surface area contributed by atoms with Crippen LogP contribution in [0.5, 0.6) is 5.75 Å². The van der Waals surface area contributed by atoms with E-state index >= 15 is 0 Å². The Morgan fingerprint density at radius 2 is 2.00 bits per heavy atom. The average Bonchev–Trinajstić information content (AvgIpc) is 3.10. The molecule has 23 heavy (non-hydrogen) atoms. The Morgan fingerprint density at radius 1 is 1.17 bits per heavy atom. The molecular weight excluding hydrogens is 304 g/mol. The van der Waals surface area contributed by atoms with Crippen LogP contribution in [0, 0.1) is 11.3 Å². The molecule has 0 saturated carbocycles. The van der Waals surface area contributed by atoms with E-state index in [0.717, 1.165) is 22.6 Å². The molecule has 0 radical (unpaired) electrons. The number of aromatic nitrogens is 1. The molecule has 3 rings (SSSR count). The monoisotopic (exact) mass is 318 g/mol. The van der Waals surface area contributed by atoms with Crippen molar-refractivity contribution in [2.24, 2.45) is 0 Å². The minimum absolute atomic E-state index is 0.547. The van der Waals surface area contributed by atoms with Crippen molar-refractivity contribution in [3.63, 3.8) is 0 Å². The molecule has 0 fully saturated rings. The summed E-state index contributed by atoms with van der Waals surface area (Å²) in [5, 5.41) is 12.2. The predicted octanol–water partition coefficient (Wildman–Crippen LogP) is 4.88. The number of hydrogen-bond donors (Lipinski definition) is 0. The molecule has 4 heteroatoms. The van der Waals surface area contributed by atoms with Gasteiger partial charge in [0, 0.05) is 10.9 Å². The van der Waals surface area contributed by atoms with Crippen LogP contribution in [0.3, 0.4) is 0 Å². The van der Waals surface area contributed by atoms with E-state index in [1.165, 1.54) is 11.3 Å². The maximum Gasteiger partial charge on any atom is 0.134 e. The van der Waals surface area contributed by atoms with E-state index in [0.29, 0.717) is 10.6 Å². The van der Waals surface area contributed by atoms with Gasteiger partial charge in [0.05, 0.1) is 18.4 Å². The summed E-state index contributed by atoms with van der Waals surface area (Å²) in [6, 6.07) is 19.8. The van der Waals surface area contributed by atoms with Crippen molar-refractivity contribution < 1.29 is 4.74 Å². The van der Waals surface area contributed by atoms with E-state index in [-0.39, 0.29) is 0 Å². The first-order valence-corrected chi connectivity index (χ1v) is 7.95. The standard InChI is InChI=1S/C19H14N2OS/c1-22-17-9-5-6-14(11-17)10-16(12-20)19-21-18(13-23-19)15-7-3-2-4-8-15/h2-11,13H,1H3/b16-10+. The van der Waals surface area contributed by atoms with Crippen molar-refractivity contribution in [3.05, 3.63) is 70.5 Å². The lowest BCUT2D eigenvalue weighted by molar-refractivity contribution is 0.414. The van der Waals surface area contributed by atoms with Gasteiger partial charge in [0.1, 0.15) is 16.8 Å². The van der Waals surface area contributed by atoms with Gasteiger partial charge in [0.2, 0.25) is 0 Å². The van der Waals surface area contributed by atoms with E-state index in [9.17, 15) is 5.26 Å². The summed E-state index contributed by atoms with van der Waals surface area (Å²) in [6.45, 7) is 0. The second-order valence-corrected chi connectivity index (χ2v) is 5.71. The number of methoxy groups -OCH3 is 1. The fourth-order valence-electron chi connectivity index (χ4n) is 2.18. The topological polar surface area (TPSA) is 45.9 Å². The van der Waals surface area contributed by atoms with Crippen molar-refractivity contribution >= 4 is 23.0 Å². The van der Waals surface area contributed by atoms with E-state index < -0.39 is 0 Å². The molecule has 0 aliphatic heterocycles. The van der Waals surface area contributed by atoms with Crippen LogP contribution in [0.15, 0.2) is 60.0 Å². The Bertz CT molecular complexity index is 876. The van der Waals surface area contributed by atoms with Crippen molar-refractivity contribution in [3.8, 4) is 23.1 Å². The Labute approximate surface area is 139 Å². The summed E-state index contributed by atoms with van der Waals surface area (Å²) >= 11 is 1.47. The lowest BCUT2D eigenvalue weighted by Gasteiger charge is -2.00. The molecule has 0 unspecified atom stereocenters. The van der Waals surface area contributed by atoms with Crippen LogP contribution >= 0.6 is 11.3 Å². The molecule has 2 aromatic carbocycles. The number of benzene rings is 2. The molecule has 1 heterocycles. The normalized spacial score (nSPS) is 11.0. The molecule has 0 saturated heterocycles. The smallest absolute Gasteiger partial charge is 0.134 e. The van der Waals surface area contributed by atoms with Crippen LogP contribution in [0.4, 0.5) is 0 Å². The summed E-state index contributed by atoms with van der Waals surface area (Å²) in [4.78, 5) is 4.59. The maximum absolute atomic E-state index is 9.46. The second-order valence-electron chi connectivity index (χ2n) is 4.85. The number of nitrogens with zero attached hydrogens (tertiary/aromatic N) is 2. The first-order chi connectivity index (χ1) is 11.3. The van der Waals surface area contributed by atoms with Crippen LogP contribution in [-0.4, -0.2) is 12.1 Å². The molecule has 0 spiro atoms. The van der Waals surface area contributed by atoms with Crippen molar-refractivity contribution in [2.45, 2.75) is 0 Å². The zero-order valence-electron chi connectivity index (χ0n) is 12.6. The van der Waals surface area contributed by atoms with Crippen molar-refractivity contribution in [1.82, 2.24) is 4.98 Å². The molecule has 0 N–H and O–H groups in total. The molecule has 0 aliphatic rings. The highest BCUT2D eigenvalue weighted by molar-refractivity contribution is 7.11. The molecular formula is C19H14N2OS. The molecule has 0 atom stereocenters. The van der Waals surface area contributed by atoms with Crippen LogP contribution in [0.1, 0.15) is 10.6 Å². The zero-order chi connectivity index (χ0) is 16.1. The lowest BCUT2D eigenvalue weighted by atomic mass is 10.1. The Hall–Kier alpha value is -2.90. The van der Waals surface area contributed by atoms with Crippen LogP contribution < -0.4 is 4.74 Å². The first-order valence-electron chi connectivity index (χ1n) is 7.07. The van der Waals surface area contributed by atoms with Gasteiger partial charge in [-0.1, -0.05) is 42.5 Å². The average molecular weight is 318 g/mol. The highest BCUT2D eigenvalue weighted by Crippen LogP contribution is 2.27. The van der Waals surface area contributed by atoms with Gasteiger partial charge in [-0.25, -0.2) is 4.98 Å². The number of ether oxygens (including phenoxy) is 1. The molecule has 1 aromatic heterocycles. The highest BCUT2D eigenvalue weighted by atomic mass is 32.1. The Kier molecular flexibility index (Phi) is 4.51. The third-order valence-corrected chi connectivity index (χ3v) is 4.20. The lowest BCUT2D eigenvalue weighted by Crippen LogP contribution is -1.85. The van der Waals surface area contributed by atoms with Gasteiger partial charge in [-0.05, 0) is 23.8 Å². The van der Waals surface area contributed by atoms with Crippen LogP contribution in [0.25, 0.3) is 22.9 Å². The van der Waals surface area contributed by atoms with Gasteiger partial charge in [0.25, 0.3) is 0 Å². The fourth-order valence-corrected chi connectivity index (χ4v) is 2.97. The summed E-state index contributed by atoms with van der Waals surface area (Å²) in [7, 11) is 1.63. The SMILES string of the molecule is COc1cccc(/C=C(\C#N)c2nc(-c3ccccc3)cs2)c1. The largest absolute Gasteiger partial charge is 0.497 e. The number of thiazole rings is 1. The first kappa shape index (κ1) is 15.0. The van der Waals surface area contributed by atoms with Gasteiger partial charge in [-0.15, -0.1) is 11.3 Å². The van der Waals surface area contributed by atoms with E-state index in [1.54, 1.807) is 7.11 Å². The third kappa shape index (κ3) is 3.47. The quantitative estimate of drug-likeness (QED) is 0.644. The Morgan fingerprint density at radius 3 is 2.74 bits per heavy atom. The van der Waals surface area contributed by atoms with Crippen molar-refractivity contribution in [2.75, 3.05) is 7.11 Å². The number of hydrogen-bond acceptors (Lipinski definition) is 4. The molecule has 0 aliphatic carbocycles. The maximum atomic E-state index is 9.46. The summed E-state index contributed by atoms with van der Waals surface area (Å²) in [5.74, 6) is 0.764. The van der Waals surface area contributed by atoms with Crippen LogP contribution in [-0.2, 0) is 0 Å². The number of rotatable bonds is 4. The van der Waals surface area contributed by atoms with Crippen molar-refractivity contribution in [1.29, 1.82) is 5.26 Å². The third-order valence-electron chi connectivity index (χ3n) is 3.33. The van der Waals surface area contributed by atoms with E-state index in [1.807, 2.05) is 66.1 Å². The summed E-state index contributed by atoms with van der Waals surface area (Å²) in [5.41, 5.74) is 3.40. The van der Waals surface area contributed by atoms with Gasteiger partial charge in [-0.3, -0.25) is 0 Å². The molecule has 0 amide bonds. The highest BCUT2D eigenvalue weighted by Gasteiger charge is 2.09. The second kappa shape index (κ2) is 6.91. The number of allylic oxidation sites excluding steroid dienone is 1. The Balaban J connectivity index is 1.94. The summed E-state index contributed by atoms with van der Waals surface area (Å²) in [6.07, 6.45) is 1.83. The molecule has 0 bridgehead atoms. The zero-order valence-corrected chi connectivity index (χ0v) is 13.4. The van der Waals surface area contributed by atoms with Gasteiger partial charge < -0.3 is 4.74 Å². The van der Waals surface area contributed by atoms with Crippen LogP contribution in [0.2, 0.25) is 0 Å². The molecule has 3 nitrogen and oxygen atoms in total. The predicted molar refractivity (Wildman–Crippen MR) is 94.0 cm³/mol. The van der Waals surface area contributed by atoms with Gasteiger partial charge in [-0.2, -0.15) is 5.26 Å². The van der Waals surface area contributed by atoms with E-state index in [2.05, 4.69) is 11.1 Å². The summed E-state index contributed by atoms with van der Waals surface area (Å²) < 4.78 is 5.21.